The molecule has 0 unspecified atom stereocenters. The Morgan fingerprint density at radius 1 is 1.44 bits per heavy atom. The number of hydrogen-bond donors (Lipinski definition) is 1. The van der Waals surface area contributed by atoms with Gasteiger partial charge in [0, 0.05) is 24.8 Å². The predicted octanol–water partition coefficient (Wildman–Crippen LogP) is 3.81. The summed E-state index contributed by atoms with van der Waals surface area (Å²) in [6.07, 6.45) is 0. The number of nitrogens with zero attached hydrogens (tertiary/aromatic N) is 3. The summed E-state index contributed by atoms with van der Waals surface area (Å²) in [6.45, 7) is 9.01. The van der Waals surface area contributed by atoms with E-state index in [0.29, 0.717) is 24.0 Å². The van der Waals surface area contributed by atoms with Gasteiger partial charge >= 0.3 is 0 Å². The van der Waals surface area contributed by atoms with Gasteiger partial charge in [-0.1, -0.05) is 41.3 Å². The Bertz CT molecular complexity index is 733. The zero-order valence-corrected chi connectivity index (χ0v) is 16.2. The van der Waals surface area contributed by atoms with Crippen LogP contribution in [0.2, 0.25) is 0 Å². The fraction of sp³-hybridized carbons (Fsp3) is 0.353. The van der Waals surface area contributed by atoms with Crippen molar-refractivity contribution in [3.05, 3.63) is 36.4 Å². The van der Waals surface area contributed by atoms with Crippen molar-refractivity contribution in [2.45, 2.75) is 18.2 Å². The number of carbonyl (C=O) groups is 1. The standard InChI is InChI=1S/C17H22N4O2S2/c1-5-21(10-12(2)3)15(22)11-24-17-20-19-16(25-17)18-13-7-6-8-14(9-13)23-4/h6-9H,2,5,10-11H2,1,3-4H3,(H,18,19). The Hall–Kier alpha value is -2.06. The topological polar surface area (TPSA) is 67.4 Å². The fourth-order valence-corrected chi connectivity index (χ4v) is 3.73. The molecule has 1 aromatic carbocycles. The van der Waals surface area contributed by atoms with Crippen molar-refractivity contribution < 1.29 is 9.53 Å². The maximum absolute atomic E-state index is 12.2. The molecule has 2 aromatic rings. The molecule has 0 aliphatic carbocycles. The number of hydrogen-bond acceptors (Lipinski definition) is 7. The average molecular weight is 379 g/mol. The molecule has 0 aliphatic rings. The SMILES string of the molecule is C=C(C)CN(CC)C(=O)CSc1nnc(Nc2cccc(OC)c2)s1. The molecular weight excluding hydrogens is 356 g/mol. The van der Waals surface area contributed by atoms with Crippen LogP contribution in [0.25, 0.3) is 0 Å². The van der Waals surface area contributed by atoms with Crippen LogP contribution in [0.15, 0.2) is 40.8 Å². The number of amides is 1. The van der Waals surface area contributed by atoms with E-state index in [2.05, 4.69) is 22.1 Å². The largest absolute Gasteiger partial charge is 0.497 e. The molecule has 25 heavy (non-hydrogen) atoms. The van der Waals surface area contributed by atoms with E-state index in [-0.39, 0.29) is 5.91 Å². The number of carbonyl (C=O) groups excluding carboxylic acids is 1. The second kappa shape index (κ2) is 9.43. The van der Waals surface area contributed by atoms with Gasteiger partial charge in [-0.25, -0.2) is 0 Å². The highest BCUT2D eigenvalue weighted by molar-refractivity contribution is 8.01. The first-order valence-corrected chi connectivity index (χ1v) is 9.61. The summed E-state index contributed by atoms with van der Waals surface area (Å²) in [7, 11) is 1.63. The Labute approximate surface area is 156 Å². The van der Waals surface area contributed by atoms with Gasteiger partial charge in [-0.3, -0.25) is 4.79 Å². The summed E-state index contributed by atoms with van der Waals surface area (Å²) in [5.41, 5.74) is 1.85. The summed E-state index contributed by atoms with van der Waals surface area (Å²) in [5.74, 6) is 1.19. The number of likely N-dealkylation sites (N-methyl/N-ethyl adjacent to an activating group) is 1. The van der Waals surface area contributed by atoms with Gasteiger partial charge in [0.1, 0.15) is 5.75 Å². The normalized spacial score (nSPS) is 10.4. The van der Waals surface area contributed by atoms with Crippen LogP contribution in [-0.4, -0.2) is 47.0 Å². The Morgan fingerprint density at radius 3 is 2.92 bits per heavy atom. The summed E-state index contributed by atoms with van der Waals surface area (Å²) < 4.78 is 5.95. The van der Waals surface area contributed by atoms with E-state index in [1.54, 1.807) is 12.0 Å². The zero-order chi connectivity index (χ0) is 18.2. The number of ether oxygens (including phenoxy) is 1. The maximum Gasteiger partial charge on any atom is 0.233 e. The molecule has 0 bridgehead atoms. The first-order valence-electron chi connectivity index (χ1n) is 7.81. The van der Waals surface area contributed by atoms with Crippen LogP contribution in [-0.2, 0) is 4.79 Å². The van der Waals surface area contributed by atoms with Crippen molar-refractivity contribution >= 4 is 39.8 Å². The van der Waals surface area contributed by atoms with Gasteiger partial charge < -0.3 is 15.0 Å². The molecule has 1 amide bonds. The van der Waals surface area contributed by atoms with Gasteiger partial charge in [0.2, 0.25) is 11.0 Å². The lowest BCUT2D eigenvalue weighted by molar-refractivity contribution is -0.127. The maximum atomic E-state index is 12.2. The van der Waals surface area contributed by atoms with Gasteiger partial charge in [0.05, 0.1) is 12.9 Å². The second-order valence-corrected chi connectivity index (χ2v) is 7.58. The number of thioether (sulfide) groups is 1. The summed E-state index contributed by atoms with van der Waals surface area (Å²) in [4.78, 5) is 14.0. The molecule has 1 heterocycles. The average Bonchev–Trinajstić information content (AvgIpc) is 3.04. The molecule has 8 heteroatoms. The lowest BCUT2D eigenvalue weighted by atomic mass is 10.3. The smallest absolute Gasteiger partial charge is 0.233 e. The quantitative estimate of drug-likeness (QED) is 0.529. The highest BCUT2D eigenvalue weighted by atomic mass is 32.2. The Balaban J connectivity index is 1.90. The highest BCUT2D eigenvalue weighted by Gasteiger charge is 2.14. The molecule has 134 valence electrons. The minimum Gasteiger partial charge on any atom is -0.497 e. The van der Waals surface area contributed by atoms with Crippen molar-refractivity contribution in [1.82, 2.24) is 15.1 Å². The van der Waals surface area contributed by atoms with Gasteiger partial charge in [-0.2, -0.15) is 0 Å². The van der Waals surface area contributed by atoms with Crippen molar-refractivity contribution in [1.29, 1.82) is 0 Å². The van der Waals surface area contributed by atoms with Crippen LogP contribution >= 0.6 is 23.1 Å². The molecule has 2 rings (SSSR count). The second-order valence-electron chi connectivity index (χ2n) is 5.38. The van der Waals surface area contributed by atoms with Crippen molar-refractivity contribution in [2.75, 3.05) is 31.3 Å². The van der Waals surface area contributed by atoms with E-state index < -0.39 is 0 Å². The van der Waals surface area contributed by atoms with E-state index in [9.17, 15) is 4.79 Å². The summed E-state index contributed by atoms with van der Waals surface area (Å²) in [5, 5.41) is 12.1. The lowest BCUT2D eigenvalue weighted by Crippen LogP contribution is -2.33. The van der Waals surface area contributed by atoms with Crippen molar-refractivity contribution in [2.24, 2.45) is 0 Å². The number of aromatic nitrogens is 2. The molecule has 1 N–H and O–H groups in total. The molecule has 0 saturated heterocycles. The molecule has 0 aliphatic heterocycles. The molecule has 0 saturated carbocycles. The van der Waals surface area contributed by atoms with Crippen molar-refractivity contribution in [3.8, 4) is 5.75 Å². The third-order valence-electron chi connectivity index (χ3n) is 3.24. The van der Waals surface area contributed by atoms with Crippen LogP contribution in [0.4, 0.5) is 10.8 Å². The molecule has 0 spiro atoms. The van der Waals surface area contributed by atoms with E-state index in [1.165, 1.54) is 23.1 Å². The fourth-order valence-electron chi connectivity index (χ4n) is 2.06. The minimum atomic E-state index is 0.0769. The number of methoxy groups -OCH3 is 1. The first-order chi connectivity index (χ1) is 12.0. The van der Waals surface area contributed by atoms with Crippen LogP contribution in [0.3, 0.4) is 0 Å². The van der Waals surface area contributed by atoms with Crippen LogP contribution < -0.4 is 10.1 Å². The van der Waals surface area contributed by atoms with Crippen LogP contribution in [0, 0.1) is 0 Å². The third kappa shape index (κ3) is 6.06. The number of nitrogens with one attached hydrogen (secondary N) is 1. The number of rotatable bonds is 9. The van der Waals surface area contributed by atoms with Crippen LogP contribution in [0.5, 0.6) is 5.75 Å². The molecule has 1 aromatic heterocycles. The predicted molar refractivity (Wildman–Crippen MR) is 104 cm³/mol. The third-order valence-corrected chi connectivity index (χ3v) is 5.20. The van der Waals surface area contributed by atoms with Gasteiger partial charge in [0.25, 0.3) is 0 Å². The van der Waals surface area contributed by atoms with E-state index in [4.69, 9.17) is 4.74 Å². The molecule has 6 nitrogen and oxygen atoms in total. The molecule has 0 atom stereocenters. The summed E-state index contributed by atoms with van der Waals surface area (Å²) >= 11 is 2.81. The first kappa shape index (κ1) is 19.3. The number of benzene rings is 1. The van der Waals surface area contributed by atoms with Gasteiger partial charge in [-0.05, 0) is 26.0 Å². The minimum absolute atomic E-state index is 0.0769. The van der Waals surface area contributed by atoms with Crippen molar-refractivity contribution in [3.63, 3.8) is 0 Å². The monoisotopic (exact) mass is 378 g/mol. The number of anilines is 2. The van der Waals surface area contributed by atoms with E-state index in [1.807, 2.05) is 38.1 Å². The summed E-state index contributed by atoms with van der Waals surface area (Å²) in [6, 6.07) is 7.59. The zero-order valence-electron chi connectivity index (χ0n) is 14.6. The van der Waals surface area contributed by atoms with Gasteiger partial charge in [-0.15, -0.1) is 10.2 Å². The van der Waals surface area contributed by atoms with Crippen LogP contribution in [0.1, 0.15) is 13.8 Å². The van der Waals surface area contributed by atoms with Gasteiger partial charge in [0.15, 0.2) is 4.34 Å². The lowest BCUT2D eigenvalue weighted by Gasteiger charge is -2.20. The molecular formula is C17H22N4O2S2. The Morgan fingerprint density at radius 2 is 2.24 bits per heavy atom. The van der Waals surface area contributed by atoms with E-state index >= 15 is 0 Å². The van der Waals surface area contributed by atoms with E-state index in [0.717, 1.165) is 21.3 Å². The molecule has 0 radical (unpaired) electrons. The molecule has 0 fully saturated rings. The highest BCUT2D eigenvalue weighted by Crippen LogP contribution is 2.28. The Kier molecular flexibility index (Phi) is 7.27.